The number of amides is 2. The van der Waals surface area contributed by atoms with Crippen LogP contribution in [0.1, 0.15) is 28.9 Å². The van der Waals surface area contributed by atoms with Crippen LogP contribution < -0.4 is 10.6 Å². The molecule has 0 saturated carbocycles. The van der Waals surface area contributed by atoms with Crippen LogP contribution in [-0.2, 0) is 4.74 Å². The topological polar surface area (TPSA) is 67.4 Å². The van der Waals surface area contributed by atoms with Gasteiger partial charge in [0.05, 0.1) is 6.04 Å². The first-order valence-corrected chi connectivity index (χ1v) is 5.52. The Bertz CT molecular complexity index is 445. The molecule has 2 rings (SSSR count). The van der Waals surface area contributed by atoms with Crippen molar-refractivity contribution in [2.24, 2.45) is 0 Å². The lowest BCUT2D eigenvalue weighted by atomic mass is 10.0. The van der Waals surface area contributed by atoms with Gasteiger partial charge in [-0.3, -0.25) is 4.79 Å². The van der Waals surface area contributed by atoms with Crippen molar-refractivity contribution in [1.29, 1.82) is 0 Å². The van der Waals surface area contributed by atoms with Crippen molar-refractivity contribution < 1.29 is 14.3 Å². The molecule has 1 saturated heterocycles. The van der Waals surface area contributed by atoms with Gasteiger partial charge >= 0.3 is 6.09 Å². The maximum atomic E-state index is 11.6. The third-order valence-corrected chi connectivity index (χ3v) is 2.56. The highest BCUT2D eigenvalue weighted by Crippen LogP contribution is 2.19. The van der Waals surface area contributed by atoms with Crippen molar-refractivity contribution in [1.82, 2.24) is 10.6 Å². The van der Waals surface area contributed by atoms with E-state index in [4.69, 9.17) is 4.74 Å². The summed E-state index contributed by atoms with van der Waals surface area (Å²) in [7, 11) is 0. The summed E-state index contributed by atoms with van der Waals surface area (Å²) < 4.78 is 4.82. The summed E-state index contributed by atoms with van der Waals surface area (Å²) in [5.41, 5.74) is 1.46. The van der Waals surface area contributed by atoms with Gasteiger partial charge in [-0.1, -0.05) is 12.1 Å². The van der Waals surface area contributed by atoms with Crippen LogP contribution in [0.4, 0.5) is 4.79 Å². The van der Waals surface area contributed by atoms with Gasteiger partial charge in [-0.2, -0.15) is 0 Å². The van der Waals surface area contributed by atoms with E-state index in [2.05, 4.69) is 10.6 Å². The maximum absolute atomic E-state index is 11.6. The number of hydrogen-bond donors (Lipinski definition) is 2. The Labute approximate surface area is 99.2 Å². The highest BCUT2D eigenvalue weighted by Gasteiger charge is 2.24. The van der Waals surface area contributed by atoms with Crippen LogP contribution in [0, 0.1) is 0 Å². The molecule has 0 radical (unpaired) electrons. The summed E-state index contributed by atoms with van der Waals surface area (Å²) >= 11 is 0. The molecule has 0 aliphatic carbocycles. The molecule has 2 N–H and O–H groups in total. The fraction of sp³-hybridized carbons (Fsp3) is 0.333. The van der Waals surface area contributed by atoms with Crippen LogP contribution >= 0.6 is 0 Å². The quantitative estimate of drug-likeness (QED) is 0.826. The molecule has 0 bridgehead atoms. The molecule has 1 aromatic rings. The van der Waals surface area contributed by atoms with E-state index in [1.807, 2.05) is 13.0 Å². The molecule has 0 aromatic heterocycles. The second-order valence-corrected chi connectivity index (χ2v) is 3.78. The monoisotopic (exact) mass is 234 g/mol. The van der Waals surface area contributed by atoms with Gasteiger partial charge < -0.3 is 15.4 Å². The van der Waals surface area contributed by atoms with E-state index in [0.717, 1.165) is 5.56 Å². The summed E-state index contributed by atoms with van der Waals surface area (Å²) in [6.45, 7) is 2.76. The fourth-order valence-corrected chi connectivity index (χ4v) is 1.72. The molecule has 1 atom stereocenters. The van der Waals surface area contributed by atoms with Crippen molar-refractivity contribution in [2.45, 2.75) is 13.0 Å². The van der Waals surface area contributed by atoms with Gasteiger partial charge in [-0.05, 0) is 24.6 Å². The lowest BCUT2D eigenvalue weighted by Gasteiger charge is -2.09. The second kappa shape index (κ2) is 4.86. The zero-order chi connectivity index (χ0) is 12.3. The first-order valence-electron chi connectivity index (χ1n) is 5.52. The van der Waals surface area contributed by atoms with Gasteiger partial charge in [0.15, 0.2) is 0 Å². The number of benzene rings is 1. The molecular weight excluding hydrogens is 220 g/mol. The third-order valence-electron chi connectivity index (χ3n) is 2.56. The SMILES string of the molecule is CCNC(=O)c1cccc(C2COC(=O)N2)c1. The number of carbonyl (C=O) groups is 2. The second-order valence-electron chi connectivity index (χ2n) is 3.78. The van der Waals surface area contributed by atoms with Crippen LogP contribution in [0.15, 0.2) is 24.3 Å². The molecule has 90 valence electrons. The van der Waals surface area contributed by atoms with Gasteiger partial charge in [0.1, 0.15) is 6.61 Å². The van der Waals surface area contributed by atoms with Gasteiger partial charge in [-0.25, -0.2) is 4.79 Å². The minimum atomic E-state index is -0.418. The van der Waals surface area contributed by atoms with E-state index in [0.29, 0.717) is 18.7 Å². The van der Waals surface area contributed by atoms with Crippen LogP contribution in [-0.4, -0.2) is 25.2 Å². The molecule has 5 heteroatoms. The van der Waals surface area contributed by atoms with Crippen molar-refractivity contribution >= 4 is 12.0 Å². The van der Waals surface area contributed by atoms with Crippen LogP contribution in [0.3, 0.4) is 0 Å². The Morgan fingerprint density at radius 3 is 3.06 bits per heavy atom. The first-order chi connectivity index (χ1) is 8.20. The van der Waals surface area contributed by atoms with Crippen LogP contribution in [0.5, 0.6) is 0 Å². The number of carbonyl (C=O) groups excluding carboxylic acids is 2. The minimum absolute atomic E-state index is 0.111. The van der Waals surface area contributed by atoms with E-state index in [-0.39, 0.29) is 11.9 Å². The zero-order valence-corrected chi connectivity index (χ0v) is 9.53. The average molecular weight is 234 g/mol. The van der Waals surface area contributed by atoms with Crippen molar-refractivity contribution in [2.75, 3.05) is 13.2 Å². The summed E-state index contributed by atoms with van der Waals surface area (Å²) in [5.74, 6) is -0.111. The van der Waals surface area contributed by atoms with Crippen molar-refractivity contribution in [3.05, 3.63) is 35.4 Å². The van der Waals surface area contributed by atoms with Gasteiger partial charge in [0.25, 0.3) is 5.91 Å². The molecule has 17 heavy (non-hydrogen) atoms. The third kappa shape index (κ3) is 2.55. The molecule has 1 heterocycles. The van der Waals surface area contributed by atoms with Crippen LogP contribution in [0.25, 0.3) is 0 Å². The molecule has 2 amide bonds. The van der Waals surface area contributed by atoms with Crippen molar-refractivity contribution in [3.8, 4) is 0 Å². The normalized spacial score (nSPS) is 18.4. The number of cyclic esters (lactones) is 1. The number of rotatable bonds is 3. The number of hydrogen-bond acceptors (Lipinski definition) is 3. The van der Waals surface area contributed by atoms with E-state index in [1.54, 1.807) is 18.2 Å². The number of nitrogens with one attached hydrogen (secondary N) is 2. The number of ether oxygens (including phenoxy) is 1. The average Bonchev–Trinajstić information content (AvgIpc) is 2.76. The summed E-state index contributed by atoms with van der Waals surface area (Å²) in [6.07, 6.45) is -0.418. The van der Waals surface area contributed by atoms with E-state index in [1.165, 1.54) is 0 Å². The highest BCUT2D eigenvalue weighted by molar-refractivity contribution is 5.94. The predicted molar refractivity (Wildman–Crippen MR) is 61.7 cm³/mol. The Morgan fingerprint density at radius 2 is 2.41 bits per heavy atom. The summed E-state index contributed by atoms with van der Waals surface area (Å²) in [4.78, 5) is 22.6. The van der Waals surface area contributed by atoms with E-state index in [9.17, 15) is 9.59 Å². The molecule has 5 nitrogen and oxygen atoms in total. The molecule has 1 aliphatic rings. The Morgan fingerprint density at radius 1 is 1.59 bits per heavy atom. The largest absolute Gasteiger partial charge is 0.447 e. The lowest BCUT2D eigenvalue weighted by molar-refractivity contribution is 0.0955. The van der Waals surface area contributed by atoms with Crippen LogP contribution in [0.2, 0.25) is 0 Å². The molecular formula is C12H14N2O3. The summed E-state index contributed by atoms with van der Waals surface area (Å²) in [5, 5.41) is 5.41. The Kier molecular flexibility index (Phi) is 3.27. The highest BCUT2D eigenvalue weighted by atomic mass is 16.6. The molecule has 1 aromatic carbocycles. The first kappa shape index (κ1) is 11.4. The zero-order valence-electron chi connectivity index (χ0n) is 9.53. The van der Waals surface area contributed by atoms with E-state index >= 15 is 0 Å². The lowest BCUT2D eigenvalue weighted by Crippen LogP contribution is -2.23. The smallest absolute Gasteiger partial charge is 0.407 e. The molecule has 1 unspecified atom stereocenters. The molecule has 1 fully saturated rings. The van der Waals surface area contributed by atoms with Gasteiger partial charge in [0, 0.05) is 12.1 Å². The Balaban J connectivity index is 2.16. The fourth-order valence-electron chi connectivity index (χ4n) is 1.72. The standard InChI is InChI=1S/C12H14N2O3/c1-2-13-11(15)9-5-3-4-8(6-9)10-7-17-12(16)14-10/h3-6,10H,2,7H2,1H3,(H,13,15)(H,14,16). The number of alkyl carbamates (subject to hydrolysis) is 1. The van der Waals surface area contributed by atoms with Crippen molar-refractivity contribution in [3.63, 3.8) is 0 Å². The van der Waals surface area contributed by atoms with E-state index < -0.39 is 6.09 Å². The molecule has 0 spiro atoms. The Hall–Kier alpha value is -2.04. The minimum Gasteiger partial charge on any atom is -0.447 e. The van der Waals surface area contributed by atoms with Gasteiger partial charge in [-0.15, -0.1) is 0 Å². The predicted octanol–water partition coefficient (Wildman–Crippen LogP) is 1.22. The maximum Gasteiger partial charge on any atom is 0.407 e. The summed E-state index contributed by atoms with van der Waals surface area (Å²) in [6, 6.07) is 7.00. The molecule has 1 aliphatic heterocycles. The van der Waals surface area contributed by atoms with Gasteiger partial charge in [0.2, 0.25) is 0 Å².